The number of nitrogens with zero attached hydrogens (tertiary/aromatic N) is 2. The van der Waals surface area contributed by atoms with Gasteiger partial charge in [0.25, 0.3) is 5.69 Å². The highest BCUT2D eigenvalue weighted by Crippen LogP contribution is 2.27. The van der Waals surface area contributed by atoms with Gasteiger partial charge in [-0.1, -0.05) is 0 Å². The van der Waals surface area contributed by atoms with Crippen LogP contribution in [0.15, 0.2) is 18.2 Å². The zero-order valence-electron chi connectivity index (χ0n) is 11.3. The summed E-state index contributed by atoms with van der Waals surface area (Å²) in [4.78, 5) is 21.8. The molecule has 0 fully saturated rings. The predicted octanol–water partition coefficient (Wildman–Crippen LogP) is 2.51. The van der Waals surface area contributed by atoms with Gasteiger partial charge in [-0.05, 0) is 13.0 Å². The number of carbonyl (C=O) groups is 1. The fourth-order valence-corrected chi connectivity index (χ4v) is 1.71. The van der Waals surface area contributed by atoms with Crippen molar-refractivity contribution in [3.05, 3.63) is 33.9 Å². The van der Waals surface area contributed by atoms with Gasteiger partial charge in [0.2, 0.25) is 0 Å². The number of nitro groups is 1. The average molecular weight is 306 g/mol. The summed E-state index contributed by atoms with van der Waals surface area (Å²) in [6.07, 6.45) is -5.00. The molecule has 1 amide bonds. The maximum atomic E-state index is 12.4. The Labute approximate surface area is 118 Å². The fraction of sp³-hybridized carbons (Fsp3) is 0.417. The first-order chi connectivity index (χ1) is 9.70. The van der Waals surface area contributed by atoms with Crippen LogP contribution in [0.1, 0.15) is 12.5 Å². The van der Waals surface area contributed by atoms with Crippen LogP contribution in [0.25, 0.3) is 0 Å². The van der Waals surface area contributed by atoms with Gasteiger partial charge in [-0.15, -0.1) is 0 Å². The molecule has 6 nitrogen and oxygen atoms in total. The molecule has 0 saturated heterocycles. The number of alkyl halides is 3. The second kappa shape index (κ2) is 6.42. The molecule has 0 aliphatic heterocycles. The molecule has 0 aromatic heterocycles. The Morgan fingerprint density at radius 1 is 1.43 bits per heavy atom. The van der Waals surface area contributed by atoms with Crippen LogP contribution in [0.3, 0.4) is 0 Å². The van der Waals surface area contributed by atoms with Gasteiger partial charge in [0.05, 0.1) is 12.0 Å². The van der Waals surface area contributed by atoms with Crippen molar-refractivity contribution in [1.82, 2.24) is 4.90 Å². The van der Waals surface area contributed by atoms with E-state index in [1.807, 2.05) is 0 Å². The molecule has 0 atom stereocenters. The summed E-state index contributed by atoms with van der Waals surface area (Å²) < 4.78 is 42.3. The van der Waals surface area contributed by atoms with Crippen molar-refractivity contribution in [2.24, 2.45) is 0 Å². The van der Waals surface area contributed by atoms with Crippen LogP contribution in [0, 0.1) is 10.1 Å². The first-order valence-electron chi connectivity index (χ1n) is 5.88. The van der Waals surface area contributed by atoms with Gasteiger partial charge in [-0.25, -0.2) is 0 Å². The Hall–Kier alpha value is -2.32. The second-order valence-electron chi connectivity index (χ2n) is 4.07. The third-order valence-corrected chi connectivity index (χ3v) is 2.75. The Kier molecular flexibility index (Phi) is 5.12. The number of amides is 1. The molecule has 0 heterocycles. The molecule has 0 aliphatic carbocycles. The van der Waals surface area contributed by atoms with Crippen LogP contribution in [-0.4, -0.2) is 35.6 Å². The molecule has 0 N–H and O–H groups in total. The summed E-state index contributed by atoms with van der Waals surface area (Å²) >= 11 is 0. The lowest BCUT2D eigenvalue weighted by Gasteiger charge is -2.22. The van der Waals surface area contributed by atoms with Gasteiger partial charge in [-0.3, -0.25) is 14.9 Å². The Morgan fingerprint density at radius 2 is 2.05 bits per heavy atom. The quantitative estimate of drug-likeness (QED) is 0.619. The third-order valence-electron chi connectivity index (χ3n) is 2.75. The topological polar surface area (TPSA) is 72.7 Å². The number of carbonyl (C=O) groups excluding carboxylic acids is 1. The monoisotopic (exact) mass is 306 g/mol. The number of non-ortho nitro benzene ring substituents is 1. The molecular formula is C12H13F3N2O4. The zero-order valence-corrected chi connectivity index (χ0v) is 11.3. The van der Waals surface area contributed by atoms with Crippen molar-refractivity contribution in [2.75, 3.05) is 13.7 Å². The molecule has 0 unspecified atom stereocenters. The number of hydrogen-bond donors (Lipinski definition) is 0. The summed E-state index contributed by atoms with van der Waals surface area (Å²) in [7, 11) is 1.28. The van der Waals surface area contributed by atoms with E-state index < -0.39 is 23.6 Å². The number of hydrogen-bond acceptors (Lipinski definition) is 4. The smallest absolute Gasteiger partial charge is 0.471 e. The van der Waals surface area contributed by atoms with E-state index in [-0.39, 0.29) is 23.5 Å². The zero-order chi connectivity index (χ0) is 16.2. The number of halogens is 3. The van der Waals surface area contributed by atoms with Gasteiger partial charge in [0, 0.05) is 30.8 Å². The maximum Gasteiger partial charge on any atom is 0.471 e. The summed E-state index contributed by atoms with van der Waals surface area (Å²) in [5.74, 6) is -1.83. The molecule has 0 bridgehead atoms. The van der Waals surface area contributed by atoms with Crippen LogP contribution < -0.4 is 4.74 Å². The molecule has 1 aromatic carbocycles. The van der Waals surface area contributed by atoms with Crippen molar-refractivity contribution in [1.29, 1.82) is 0 Å². The van der Waals surface area contributed by atoms with Crippen molar-refractivity contribution in [3.63, 3.8) is 0 Å². The van der Waals surface area contributed by atoms with E-state index in [9.17, 15) is 28.1 Å². The molecule has 116 valence electrons. The van der Waals surface area contributed by atoms with Crippen LogP contribution in [0.2, 0.25) is 0 Å². The third kappa shape index (κ3) is 4.07. The largest absolute Gasteiger partial charge is 0.496 e. The normalized spacial score (nSPS) is 11.1. The minimum absolute atomic E-state index is 0.131. The summed E-state index contributed by atoms with van der Waals surface area (Å²) in [6.45, 7) is 0.761. The molecule has 0 aliphatic rings. The van der Waals surface area contributed by atoms with Gasteiger partial charge < -0.3 is 9.64 Å². The van der Waals surface area contributed by atoms with Gasteiger partial charge in [0.1, 0.15) is 5.75 Å². The Balaban J connectivity index is 3.11. The summed E-state index contributed by atoms with van der Waals surface area (Å²) in [6, 6.07) is 3.54. The first-order valence-corrected chi connectivity index (χ1v) is 5.88. The highest BCUT2D eigenvalue weighted by Gasteiger charge is 2.42. The molecule has 0 spiro atoms. The van der Waals surface area contributed by atoms with E-state index in [4.69, 9.17) is 4.74 Å². The lowest BCUT2D eigenvalue weighted by Crippen LogP contribution is -2.40. The van der Waals surface area contributed by atoms with E-state index in [0.717, 1.165) is 6.07 Å². The molecule has 1 aromatic rings. The lowest BCUT2D eigenvalue weighted by atomic mass is 10.1. The van der Waals surface area contributed by atoms with E-state index >= 15 is 0 Å². The molecule has 9 heteroatoms. The highest BCUT2D eigenvalue weighted by atomic mass is 19.4. The fourth-order valence-electron chi connectivity index (χ4n) is 1.71. The van der Waals surface area contributed by atoms with E-state index in [1.54, 1.807) is 0 Å². The van der Waals surface area contributed by atoms with Crippen molar-refractivity contribution < 1.29 is 27.6 Å². The number of methoxy groups -OCH3 is 1. The SMILES string of the molecule is CCN(Cc1cc([N+](=O)[O-])ccc1OC)C(=O)C(F)(F)F. The number of nitro benzene ring substituents is 1. The van der Waals surface area contributed by atoms with Gasteiger partial charge in [0.15, 0.2) is 0 Å². The van der Waals surface area contributed by atoms with E-state index in [1.165, 1.54) is 26.2 Å². The minimum Gasteiger partial charge on any atom is -0.496 e. The highest BCUT2D eigenvalue weighted by molar-refractivity contribution is 5.81. The second-order valence-corrected chi connectivity index (χ2v) is 4.07. The number of ether oxygens (including phenoxy) is 1. The van der Waals surface area contributed by atoms with E-state index in [2.05, 4.69) is 0 Å². The Bertz CT molecular complexity index is 546. The molecular weight excluding hydrogens is 293 g/mol. The van der Waals surface area contributed by atoms with E-state index in [0.29, 0.717) is 4.90 Å². The Morgan fingerprint density at radius 3 is 2.48 bits per heavy atom. The van der Waals surface area contributed by atoms with Crippen LogP contribution in [-0.2, 0) is 11.3 Å². The van der Waals surface area contributed by atoms with Crippen LogP contribution >= 0.6 is 0 Å². The predicted molar refractivity (Wildman–Crippen MR) is 66.8 cm³/mol. The average Bonchev–Trinajstić information content (AvgIpc) is 2.42. The van der Waals surface area contributed by atoms with Gasteiger partial charge >= 0.3 is 12.1 Å². The molecule has 0 radical (unpaired) electrons. The van der Waals surface area contributed by atoms with Crippen molar-refractivity contribution in [3.8, 4) is 5.75 Å². The summed E-state index contributed by atoms with van der Waals surface area (Å²) in [5, 5.41) is 10.7. The maximum absolute atomic E-state index is 12.4. The minimum atomic E-state index is -5.00. The lowest BCUT2D eigenvalue weighted by molar-refractivity contribution is -0.385. The summed E-state index contributed by atoms with van der Waals surface area (Å²) in [5.41, 5.74) is -0.160. The standard InChI is InChI=1S/C12H13F3N2O4/c1-3-16(11(18)12(13,14)15)7-8-6-9(17(19)20)4-5-10(8)21-2/h4-6H,3,7H2,1-2H3. The number of rotatable bonds is 5. The number of benzene rings is 1. The van der Waals surface area contributed by atoms with Crippen LogP contribution in [0.4, 0.5) is 18.9 Å². The van der Waals surface area contributed by atoms with Gasteiger partial charge in [-0.2, -0.15) is 13.2 Å². The van der Waals surface area contributed by atoms with Crippen LogP contribution in [0.5, 0.6) is 5.75 Å². The van der Waals surface area contributed by atoms with Crippen molar-refractivity contribution >= 4 is 11.6 Å². The molecule has 0 saturated carbocycles. The van der Waals surface area contributed by atoms with Crippen molar-refractivity contribution in [2.45, 2.75) is 19.6 Å². The first kappa shape index (κ1) is 16.7. The molecule has 1 rings (SSSR count). The molecule has 21 heavy (non-hydrogen) atoms.